The van der Waals surface area contributed by atoms with E-state index in [1.54, 1.807) is 30.3 Å². The summed E-state index contributed by atoms with van der Waals surface area (Å²) in [5.41, 5.74) is 2.12. The first-order valence-corrected chi connectivity index (χ1v) is 15.5. The van der Waals surface area contributed by atoms with E-state index < -0.39 is 28.5 Å². The Labute approximate surface area is 249 Å². The quantitative estimate of drug-likeness (QED) is 0.250. The third-order valence-corrected chi connectivity index (χ3v) is 8.74. The molecular formula is C32H41N3O6S. The Morgan fingerprint density at radius 1 is 0.905 bits per heavy atom. The van der Waals surface area contributed by atoms with Crippen molar-refractivity contribution >= 4 is 27.5 Å². The molecule has 0 aliphatic heterocycles. The maximum atomic E-state index is 14.2. The fourth-order valence-corrected chi connectivity index (χ4v) is 5.97. The molecule has 3 rings (SSSR count). The molecule has 2 amide bonds. The molecule has 0 aliphatic rings. The number of unbranched alkanes of at least 4 members (excludes halogenated alkanes) is 1. The van der Waals surface area contributed by atoms with Gasteiger partial charge in [-0.1, -0.05) is 68.3 Å². The Morgan fingerprint density at radius 3 is 2.17 bits per heavy atom. The van der Waals surface area contributed by atoms with Gasteiger partial charge in [-0.05, 0) is 49.6 Å². The van der Waals surface area contributed by atoms with Crippen molar-refractivity contribution in [3.05, 3.63) is 83.9 Å². The number of ether oxygens (including phenoxy) is 2. The van der Waals surface area contributed by atoms with Gasteiger partial charge in [0.05, 0.1) is 24.8 Å². The first-order valence-electron chi connectivity index (χ1n) is 14.1. The number of sulfonamides is 1. The van der Waals surface area contributed by atoms with Crippen molar-refractivity contribution in [2.45, 2.75) is 57.5 Å². The van der Waals surface area contributed by atoms with Crippen LogP contribution < -0.4 is 19.1 Å². The molecule has 0 aromatic heterocycles. The lowest BCUT2D eigenvalue weighted by atomic mass is 10.1. The minimum atomic E-state index is -4.19. The smallest absolute Gasteiger partial charge is 0.264 e. The van der Waals surface area contributed by atoms with Crippen LogP contribution in [0.15, 0.2) is 77.7 Å². The van der Waals surface area contributed by atoms with E-state index in [1.165, 1.54) is 37.3 Å². The number of carbonyl (C=O) groups is 2. The Kier molecular flexibility index (Phi) is 11.8. The predicted molar refractivity (Wildman–Crippen MR) is 164 cm³/mol. The number of anilines is 1. The molecular weight excluding hydrogens is 554 g/mol. The van der Waals surface area contributed by atoms with Crippen LogP contribution in [0.1, 0.15) is 44.2 Å². The maximum absolute atomic E-state index is 14.2. The van der Waals surface area contributed by atoms with E-state index >= 15 is 0 Å². The van der Waals surface area contributed by atoms with Crippen LogP contribution in [0.2, 0.25) is 0 Å². The molecule has 0 saturated carbocycles. The second-order valence-electron chi connectivity index (χ2n) is 9.94. The summed E-state index contributed by atoms with van der Waals surface area (Å²) in [5.74, 6) is -0.0493. The topological polar surface area (TPSA) is 105 Å². The highest BCUT2D eigenvalue weighted by Gasteiger charge is 2.34. The molecule has 0 heterocycles. The SMILES string of the molecule is CCCCNC(=O)[C@@H](CC)N(Cc1ccc(C)cc1)C(=O)CN(c1ccc(OC)c(OC)c1)S(=O)(=O)c1ccccc1. The monoisotopic (exact) mass is 595 g/mol. The molecule has 10 heteroatoms. The number of hydrogen-bond acceptors (Lipinski definition) is 6. The van der Waals surface area contributed by atoms with Gasteiger partial charge in [0.1, 0.15) is 12.6 Å². The number of nitrogens with one attached hydrogen (secondary N) is 1. The summed E-state index contributed by atoms with van der Waals surface area (Å²) in [6.07, 6.45) is 2.09. The fraction of sp³-hybridized carbons (Fsp3) is 0.375. The van der Waals surface area contributed by atoms with Crippen LogP contribution in [0.4, 0.5) is 5.69 Å². The van der Waals surface area contributed by atoms with E-state index in [4.69, 9.17) is 9.47 Å². The van der Waals surface area contributed by atoms with Crippen molar-refractivity contribution in [2.75, 3.05) is 31.6 Å². The number of hydrogen-bond donors (Lipinski definition) is 1. The highest BCUT2D eigenvalue weighted by atomic mass is 32.2. The van der Waals surface area contributed by atoms with E-state index in [9.17, 15) is 18.0 Å². The van der Waals surface area contributed by atoms with Gasteiger partial charge in [0, 0.05) is 19.2 Å². The number of rotatable bonds is 15. The normalized spacial score (nSPS) is 11.8. The van der Waals surface area contributed by atoms with Gasteiger partial charge < -0.3 is 19.7 Å². The Morgan fingerprint density at radius 2 is 1.57 bits per heavy atom. The van der Waals surface area contributed by atoms with Gasteiger partial charge >= 0.3 is 0 Å². The summed E-state index contributed by atoms with van der Waals surface area (Å²) in [6, 6.07) is 19.5. The van der Waals surface area contributed by atoms with Gasteiger partial charge in [0.15, 0.2) is 11.5 Å². The van der Waals surface area contributed by atoms with E-state index in [0.29, 0.717) is 24.5 Å². The average molecular weight is 596 g/mol. The number of amides is 2. The molecule has 3 aromatic carbocycles. The van der Waals surface area contributed by atoms with Crippen LogP contribution in [-0.2, 0) is 26.2 Å². The van der Waals surface area contributed by atoms with Crippen LogP contribution in [0.5, 0.6) is 11.5 Å². The van der Waals surface area contributed by atoms with Crippen molar-refractivity contribution in [3.63, 3.8) is 0 Å². The Balaban J connectivity index is 2.07. The summed E-state index contributed by atoms with van der Waals surface area (Å²) in [5, 5.41) is 2.94. The summed E-state index contributed by atoms with van der Waals surface area (Å²) in [7, 11) is -1.25. The zero-order valence-corrected chi connectivity index (χ0v) is 25.8. The zero-order valence-electron chi connectivity index (χ0n) is 25.0. The molecule has 226 valence electrons. The van der Waals surface area contributed by atoms with Gasteiger partial charge in [0.2, 0.25) is 11.8 Å². The predicted octanol–water partition coefficient (Wildman–Crippen LogP) is 4.93. The first kappa shape index (κ1) is 32.5. The number of methoxy groups -OCH3 is 2. The summed E-state index contributed by atoms with van der Waals surface area (Å²) < 4.78 is 39.8. The maximum Gasteiger partial charge on any atom is 0.264 e. The van der Waals surface area contributed by atoms with E-state index in [1.807, 2.05) is 45.0 Å². The van der Waals surface area contributed by atoms with E-state index in [2.05, 4.69) is 5.32 Å². The van der Waals surface area contributed by atoms with Crippen LogP contribution in [0, 0.1) is 6.92 Å². The Hall–Kier alpha value is -4.05. The van der Waals surface area contributed by atoms with Crippen molar-refractivity contribution in [1.82, 2.24) is 10.2 Å². The minimum Gasteiger partial charge on any atom is -0.493 e. The van der Waals surface area contributed by atoms with E-state index in [0.717, 1.165) is 28.3 Å². The summed E-state index contributed by atoms with van der Waals surface area (Å²) in [4.78, 5) is 29.0. The van der Waals surface area contributed by atoms with Crippen LogP contribution >= 0.6 is 0 Å². The average Bonchev–Trinajstić information content (AvgIpc) is 3.00. The van der Waals surface area contributed by atoms with Gasteiger partial charge in [-0.2, -0.15) is 0 Å². The van der Waals surface area contributed by atoms with Gasteiger partial charge in [-0.25, -0.2) is 8.42 Å². The lowest BCUT2D eigenvalue weighted by Crippen LogP contribution is -2.52. The lowest BCUT2D eigenvalue weighted by molar-refractivity contribution is -0.140. The van der Waals surface area contributed by atoms with Crippen molar-refractivity contribution < 1.29 is 27.5 Å². The molecule has 0 saturated heterocycles. The molecule has 0 aliphatic carbocycles. The molecule has 0 unspecified atom stereocenters. The summed E-state index contributed by atoms with van der Waals surface area (Å²) >= 11 is 0. The largest absolute Gasteiger partial charge is 0.493 e. The molecule has 0 radical (unpaired) electrons. The lowest BCUT2D eigenvalue weighted by Gasteiger charge is -2.33. The molecule has 1 atom stereocenters. The molecule has 0 fully saturated rings. The molecule has 0 bridgehead atoms. The third kappa shape index (κ3) is 8.03. The van der Waals surface area contributed by atoms with Crippen molar-refractivity contribution in [3.8, 4) is 11.5 Å². The van der Waals surface area contributed by atoms with Crippen LogP contribution in [0.3, 0.4) is 0 Å². The number of carbonyl (C=O) groups excluding carboxylic acids is 2. The zero-order chi connectivity index (χ0) is 30.7. The Bertz CT molecular complexity index is 1430. The molecule has 1 N–H and O–H groups in total. The highest BCUT2D eigenvalue weighted by molar-refractivity contribution is 7.92. The minimum absolute atomic E-state index is 0.0296. The molecule has 42 heavy (non-hydrogen) atoms. The van der Waals surface area contributed by atoms with Gasteiger partial charge in [-0.3, -0.25) is 13.9 Å². The third-order valence-electron chi connectivity index (χ3n) is 6.95. The standard InChI is InChI=1S/C32H41N3O6S/c1-6-8-20-33-32(37)28(7-2)34(22-25-16-14-24(3)15-17-25)31(36)23-35(42(38,39)27-12-10-9-11-13-27)26-18-19-29(40-4)30(21-26)41-5/h9-19,21,28H,6-8,20,22-23H2,1-5H3,(H,33,37)/t28-/m1/s1. The van der Waals surface area contributed by atoms with Crippen LogP contribution in [0.25, 0.3) is 0 Å². The molecule has 9 nitrogen and oxygen atoms in total. The van der Waals surface area contributed by atoms with Gasteiger partial charge in [0.25, 0.3) is 10.0 Å². The molecule has 0 spiro atoms. The highest BCUT2D eigenvalue weighted by Crippen LogP contribution is 2.34. The van der Waals surface area contributed by atoms with Crippen molar-refractivity contribution in [1.29, 1.82) is 0 Å². The van der Waals surface area contributed by atoms with Crippen molar-refractivity contribution in [2.24, 2.45) is 0 Å². The number of nitrogens with zero attached hydrogens (tertiary/aromatic N) is 2. The number of benzene rings is 3. The number of aryl methyl sites for hydroxylation is 1. The van der Waals surface area contributed by atoms with E-state index in [-0.39, 0.29) is 23.0 Å². The fourth-order valence-electron chi connectivity index (χ4n) is 4.54. The first-order chi connectivity index (χ1) is 20.2. The van der Waals surface area contributed by atoms with Gasteiger partial charge in [-0.15, -0.1) is 0 Å². The summed E-state index contributed by atoms with van der Waals surface area (Å²) in [6.45, 7) is 5.96. The van der Waals surface area contributed by atoms with Crippen LogP contribution in [-0.4, -0.2) is 58.5 Å². The second kappa shape index (κ2) is 15.3. The molecule has 3 aromatic rings. The second-order valence-corrected chi connectivity index (χ2v) is 11.8.